The van der Waals surface area contributed by atoms with Crippen LogP contribution < -0.4 is 0 Å². The van der Waals surface area contributed by atoms with Gasteiger partial charge < -0.3 is 14.2 Å². The number of benzene rings is 1. The van der Waals surface area contributed by atoms with E-state index in [9.17, 15) is 9.18 Å². The normalized spacial score (nSPS) is 12.2. The first-order valence-corrected chi connectivity index (χ1v) is 8.42. The molecule has 1 unspecified atom stereocenters. The highest BCUT2D eigenvalue weighted by Gasteiger charge is 2.21. The van der Waals surface area contributed by atoms with Gasteiger partial charge in [0.15, 0.2) is 5.16 Å². The van der Waals surface area contributed by atoms with Crippen molar-refractivity contribution in [1.82, 2.24) is 19.7 Å². The molecule has 8 heteroatoms. The Morgan fingerprint density at radius 1 is 1.50 bits per heavy atom. The zero-order chi connectivity index (χ0) is 17.5. The molecule has 1 aromatic carbocycles. The summed E-state index contributed by atoms with van der Waals surface area (Å²) in [7, 11) is 3.34. The fourth-order valence-electron chi connectivity index (χ4n) is 2.18. The molecular weight excluding hydrogens is 331 g/mol. The van der Waals surface area contributed by atoms with Crippen LogP contribution in [0, 0.1) is 5.82 Å². The first-order valence-electron chi connectivity index (χ1n) is 7.54. The first-order chi connectivity index (χ1) is 11.5. The number of nitrogens with zero attached hydrogens (tertiary/aromatic N) is 4. The van der Waals surface area contributed by atoms with Gasteiger partial charge in [0.25, 0.3) is 0 Å². The summed E-state index contributed by atoms with van der Waals surface area (Å²) in [6.07, 6.45) is 1.62. The lowest BCUT2D eigenvalue weighted by atomic mass is 10.2. The summed E-state index contributed by atoms with van der Waals surface area (Å²) in [6.45, 7) is 3.36. The minimum Gasteiger partial charge on any atom is -0.383 e. The minimum atomic E-state index is -0.325. The van der Waals surface area contributed by atoms with Crippen LogP contribution in [-0.2, 0) is 22.6 Å². The molecule has 2 rings (SSSR count). The first kappa shape index (κ1) is 18.4. The Hall–Kier alpha value is -1.93. The second-order valence-corrected chi connectivity index (χ2v) is 6.69. The van der Waals surface area contributed by atoms with Crippen molar-refractivity contribution in [1.29, 1.82) is 0 Å². The van der Waals surface area contributed by atoms with E-state index in [4.69, 9.17) is 4.74 Å². The smallest absolute Gasteiger partial charge is 0.235 e. The van der Waals surface area contributed by atoms with Gasteiger partial charge in [0.05, 0.1) is 11.9 Å². The molecule has 1 heterocycles. The van der Waals surface area contributed by atoms with E-state index in [-0.39, 0.29) is 17.0 Å². The highest BCUT2D eigenvalue weighted by molar-refractivity contribution is 8.00. The molecule has 0 aliphatic rings. The maximum atomic E-state index is 13.2. The predicted octanol–water partition coefficient (Wildman–Crippen LogP) is 2.20. The number of hydrogen-bond acceptors (Lipinski definition) is 5. The number of ether oxygens (including phenoxy) is 1. The van der Waals surface area contributed by atoms with Crippen molar-refractivity contribution in [2.24, 2.45) is 0 Å². The van der Waals surface area contributed by atoms with Crippen LogP contribution in [0.3, 0.4) is 0 Å². The number of thioether (sulfide) groups is 1. The van der Waals surface area contributed by atoms with Crippen LogP contribution in [0.5, 0.6) is 0 Å². The van der Waals surface area contributed by atoms with Crippen LogP contribution in [0.4, 0.5) is 4.39 Å². The summed E-state index contributed by atoms with van der Waals surface area (Å²) < 4.78 is 20.1. The van der Waals surface area contributed by atoms with Gasteiger partial charge in [-0.15, -0.1) is 10.2 Å². The highest BCUT2D eigenvalue weighted by Crippen LogP contribution is 2.22. The quantitative estimate of drug-likeness (QED) is 0.682. The largest absolute Gasteiger partial charge is 0.383 e. The average Bonchev–Trinajstić information content (AvgIpc) is 2.99. The lowest BCUT2D eigenvalue weighted by molar-refractivity contribution is -0.129. The molecule has 0 fully saturated rings. The van der Waals surface area contributed by atoms with Crippen molar-refractivity contribution >= 4 is 17.7 Å². The molecule has 1 atom stereocenters. The summed E-state index contributed by atoms with van der Waals surface area (Å²) >= 11 is 1.35. The van der Waals surface area contributed by atoms with E-state index < -0.39 is 0 Å². The Morgan fingerprint density at radius 3 is 3.00 bits per heavy atom. The second kappa shape index (κ2) is 8.79. The number of carbonyl (C=O) groups is 1. The number of rotatable bonds is 8. The Morgan fingerprint density at radius 2 is 2.29 bits per heavy atom. The standard InChI is InChI=1S/C16H21FN4O2S/c1-12(24-16-19-18-11-21(16)7-8-23-3)15(22)20(2)10-13-5-4-6-14(17)9-13/h4-6,9,11-12H,7-8,10H2,1-3H3. The van der Waals surface area contributed by atoms with Crippen LogP contribution >= 0.6 is 11.8 Å². The highest BCUT2D eigenvalue weighted by atomic mass is 32.2. The average molecular weight is 352 g/mol. The topological polar surface area (TPSA) is 60.2 Å². The monoisotopic (exact) mass is 352 g/mol. The molecule has 6 nitrogen and oxygen atoms in total. The molecule has 0 aliphatic carbocycles. The Kier molecular flexibility index (Phi) is 6.74. The zero-order valence-electron chi connectivity index (χ0n) is 14.0. The number of aromatic nitrogens is 3. The fourth-order valence-corrected chi connectivity index (χ4v) is 3.15. The van der Waals surface area contributed by atoms with Crippen LogP contribution in [-0.4, -0.2) is 51.6 Å². The van der Waals surface area contributed by atoms with Crippen LogP contribution in [0.2, 0.25) is 0 Å². The number of methoxy groups -OCH3 is 1. The molecule has 0 saturated carbocycles. The third kappa shape index (κ3) is 5.04. The molecular formula is C16H21FN4O2S. The van der Waals surface area contributed by atoms with Crippen LogP contribution in [0.15, 0.2) is 35.7 Å². The molecule has 0 aliphatic heterocycles. The maximum Gasteiger partial charge on any atom is 0.235 e. The maximum absolute atomic E-state index is 13.2. The SMILES string of the molecule is COCCn1cnnc1SC(C)C(=O)N(C)Cc1cccc(F)c1. The fraction of sp³-hybridized carbons (Fsp3) is 0.438. The summed E-state index contributed by atoms with van der Waals surface area (Å²) in [5.41, 5.74) is 0.756. The van der Waals surface area contributed by atoms with E-state index in [1.54, 1.807) is 37.5 Å². The summed E-state index contributed by atoms with van der Waals surface area (Å²) in [4.78, 5) is 14.1. The van der Waals surface area contributed by atoms with Gasteiger partial charge in [-0.1, -0.05) is 23.9 Å². The van der Waals surface area contributed by atoms with Gasteiger partial charge >= 0.3 is 0 Å². The molecule has 2 aromatic rings. The van der Waals surface area contributed by atoms with Gasteiger partial charge in [0.1, 0.15) is 12.1 Å². The molecule has 0 saturated heterocycles. The second-order valence-electron chi connectivity index (χ2n) is 5.38. The van der Waals surface area contributed by atoms with E-state index >= 15 is 0 Å². The van der Waals surface area contributed by atoms with E-state index in [0.29, 0.717) is 24.9 Å². The van der Waals surface area contributed by atoms with Crippen molar-refractivity contribution < 1.29 is 13.9 Å². The van der Waals surface area contributed by atoms with Gasteiger partial charge in [-0.3, -0.25) is 4.79 Å². The predicted molar refractivity (Wildman–Crippen MR) is 90.1 cm³/mol. The Bertz CT molecular complexity index is 680. The van der Waals surface area contributed by atoms with Gasteiger partial charge in [0.2, 0.25) is 5.91 Å². The van der Waals surface area contributed by atoms with Gasteiger partial charge in [-0.05, 0) is 24.6 Å². The van der Waals surface area contributed by atoms with Crippen LogP contribution in [0.25, 0.3) is 0 Å². The van der Waals surface area contributed by atoms with Crippen molar-refractivity contribution in [2.75, 3.05) is 20.8 Å². The van der Waals surface area contributed by atoms with E-state index in [2.05, 4.69) is 10.2 Å². The number of amides is 1. The summed E-state index contributed by atoms with van der Waals surface area (Å²) in [6, 6.07) is 6.26. The lowest BCUT2D eigenvalue weighted by Crippen LogP contribution is -2.33. The molecule has 1 aromatic heterocycles. The third-order valence-corrected chi connectivity index (χ3v) is 4.51. The molecule has 0 bridgehead atoms. The van der Waals surface area contributed by atoms with Gasteiger partial charge in [-0.2, -0.15) is 0 Å². The summed E-state index contributed by atoms with van der Waals surface area (Å²) in [5.74, 6) is -0.354. The van der Waals surface area contributed by atoms with E-state index in [1.165, 1.54) is 23.9 Å². The number of hydrogen-bond donors (Lipinski definition) is 0. The zero-order valence-corrected chi connectivity index (χ0v) is 14.8. The molecule has 24 heavy (non-hydrogen) atoms. The Labute approximate surface area is 145 Å². The molecule has 0 radical (unpaired) electrons. The van der Waals surface area contributed by atoms with Crippen LogP contribution in [0.1, 0.15) is 12.5 Å². The van der Waals surface area contributed by atoms with E-state index in [1.807, 2.05) is 11.5 Å². The van der Waals surface area contributed by atoms with Gasteiger partial charge in [-0.25, -0.2) is 4.39 Å². The van der Waals surface area contributed by atoms with Crippen molar-refractivity contribution in [3.63, 3.8) is 0 Å². The molecule has 0 N–H and O–H groups in total. The van der Waals surface area contributed by atoms with Crippen molar-refractivity contribution in [3.8, 4) is 0 Å². The minimum absolute atomic E-state index is 0.0504. The number of halogens is 1. The van der Waals surface area contributed by atoms with Crippen molar-refractivity contribution in [2.45, 2.75) is 30.4 Å². The lowest BCUT2D eigenvalue weighted by Gasteiger charge is -2.21. The van der Waals surface area contributed by atoms with Gasteiger partial charge in [0, 0.05) is 27.2 Å². The van der Waals surface area contributed by atoms with E-state index in [0.717, 1.165) is 5.56 Å². The third-order valence-electron chi connectivity index (χ3n) is 3.43. The molecule has 1 amide bonds. The number of carbonyl (C=O) groups excluding carboxylic acids is 1. The molecule has 130 valence electrons. The van der Waals surface area contributed by atoms with Crippen molar-refractivity contribution in [3.05, 3.63) is 42.0 Å². The molecule has 0 spiro atoms. The summed E-state index contributed by atoms with van der Waals surface area (Å²) in [5, 5.41) is 8.27. The Balaban J connectivity index is 1.95.